The molecular formula is C15H23N5O2. The van der Waals surface area contributed by atoms with Crippen LogP contribution >= 0.6 is 0 Å². The van der Waals surface area contributed by atoms with Gasteiger partial charge in [-0.1, -0.05) is 12.1 Å². The van der Waals surface area contributed by atoms with Gasteiger partial charge in [-0.3, -0.25) is 9.89 Å². The van der Waals surface area contributed by atoms with Gasteiger partial charge in [0.1, 0.15) is 5.76 Å². The lowest BCUT2D eigenvalue weighted by Crippen LogP contribution is -2.31. The number of H-pyrrole nitrogens is 1. The van der Waals surface area contributed by atoms with Gasteiger partial charge in [-0.2, -0.15) is 5.10 Å². The van der Waals surface area contributed by atoms with E-state index in [0.717, 1.165) is 40.5 Å². The number of anilines is 1. The standard InChI is InChI=1S/C15H23N5O2/c1-6-12(14-8(2)20-22-11(14)5)16-7-13(21)17-15-9(3)18-19-10(15)4/h12,16H,6-7H2,1-5H3,(H,17,21)(H,18,19). The molecule has 7 nitrogen and oxygen atoms in total. The summed E-state index contributed by atoms with van der Waals surface area (Å²) in [6, 6.07) is 0.0449. The number of carbonyl (C=O) groups is 1. The summed E-state index contributed by atoms with van der Waals surface area (Å²) in [5.41, 5.74) is 4.27. The van der Waals surface area contributed by atoms with Crippen LogP contribution in [0.25, 0.3) is 0 Å². The molecule has 3 N–H and O–H groups in total. The first-order chi connectivity index (χ1) is 10.4. The number of hydrogen-bond donors (Lipinski definition) is 3. The summed E-state index contributed by atoms with van der Waals surface area (Å²) in [6.45, 7) is 9.80. The second kappa shape index (κ2) is 6.74. The molecule has 0 radical (unpaired) electrons. The molecule has 0 saturated heterocycles. The molecule has 120 valence electrons. The smallest absolute Gasteiger partial charge is 0.238 e. The Bertz CT molecular complexity index is 620. The van der Waals surface area contributed by atoms with Crippen LogP contribution in [0.3, 0.4) is 0 Å². The number of aryl methyl sites for hydroxylation is 4. The van der Waals surface area contributed by atoms with Crippen LogP contribution in [-0.4, -0.2) is 27.8 Å². The van der Waals surface area contributed by atoms with Crippen LogP contribution in [0, 0.1) is 27.7 Å². The molecule has 1 amide bonds. The third-order valence-corrected chi connectivity index (χ3v) is 3.75. The van der Waals surface area contributed by atoms with Crippen LogP contribution in [-0.2, 0) is 4.79 Å². The monoisotopic (exact) mass is 305 g/mol. The lowest BCUT2D eigenvalue weighted by molar-refractivity contribution is -0.115. The zero-order valence-corrected chi connectivity index (χ0v) is 13.7. The molecule has 0 saturated carbocycles. The minimum atomic E-state index is -0.0992. The van der Waals surface area contributed by atoms with Gasteiger partial charge in [-0.25, -0.2) is 0 Å². The highest BCUT2D eigenvalue weighted by Crippen LogP contribution is 2.23. The van der Waals surface area contributed by atoms with Gasteiger partial charge in [0.05, 0.1) is 29.3 Å². The van der Waals surface area contributed by atoms with Gasteiger partial charge in [-0.15, -0.1) is 0 Å². The van der Waals surface area contributed by atoms with Crippen LogP contribution < -0.4 is 10.6 Å². The first-order valence-corrected chi connectivity index (χ1v) is 7.41. The molecule has 0 aliphatic carbocycles. The van der Waals surface area contributed by atoms with Crippen molar-refractivity contribution >= 4 is 11.6 Å². The number of hydrogen-bond acceptors (Lipinski definition) is 5. The maximum Gasteiger partial charge on any atom is 0.238 e. The van der Waals surface area contributed by atoms with Crippen LogP contribution in [0.4, 0.5) is 5.69 Å². The van der Waals surface area contributed by atoms with Crippen LogP contribution in [0.5, 0.6) is 0 Å². The van der Waals surface area contributed by atoms with Crippen molar-refractivity contribution in [3.05, 3.63) is 28.4 Å². The van der Waals surface area contributed by atoms with Crippen molar-refractivity contribution in [1.29, 1.82) is 0 Å². The van der Waals surface area contributed by atoms with Gasteiger partial charge in [0.25, 0.3) is 0 Å². The highest BCUT2D eigenvalue weighted by molar-refractivity contribution is 5.93. The summed E-state index contributed by atoms with van der Waals surface area (Å²) < 4.78 is 5.20. The Morgan fingerprint density at radius 1 is 1.27 bits per heavy atom. The Balaban J connectivity index is 1.98. The summed E-state index contributed by atoms with van der Waals surface area (Å²) in [4.78, 5) is 12.1. The molecule has 1 unspecified atom stereocenters. The molecular weight excluding hydrogens is 282 g/mol. The van der Waals surface area contributed by atoms with Crippen molar-refractivity contribution in [2.24, 2.45) is 0 Å². The molecule has 22 heavy (non-hydrogen) atoms. The summed E-state index contributed by atoms with van der Waals surface area (Å²) in [5.74, 6) is 0.691. The maximum absolute atomic E-state index is 12.1. The molecule has 1 atom stereocenters. The predicted octanol–water partition coefficient (Wildman–Crippen LogP) is 2.31. The van der Waals surface area contributed by atoms with Crippen LogP contribution in [0.2, 0.25) is 0 Å². The van der Waals surface area contributed by atoms with Crippen molar-refractivity contribution in [1.82, 2.24) is 20.7 Å². The molecule has 0 aromatic carbocycles. The van der Waals surface area contributed by atoms with Crippen molar-refractivity contribution in [3.63, 3.8) is 0 Å². The average molecular weight is 305 g/mol. The Hall–Kier alpha value is -2.15. The summed E-state index contributed by atoms with van der Waals surface area (Å²) in [6.07, 6.45) is 0.847. The molecule has 0 spiro atoms. The number of rotatable bonds is 6. The van der Waals surface area contributed by atoms with E-state index in [0.29, 0.717) is 0 Å². The second-order valence-electron chi connectivity index (χ2n) is 5.44. The fourth-order valence-corrected chi connectivity index (χ4v) is 2.57. The van der Waals surface area contributed by atoms with Gasteiger partial charge >= 0.3 is 0 Å². The van der Waals surface area contributed by atoms with Crippen molar-refractivity contribution in [2.45, 2.75) is 47.1 Å². The number of aromatic amines is 1. The van der Waals surface area contributed by atoms with E-state index < -0.39 is 0 Å². The largest absolute Gasteiger partial charge is 0.361 e. The SMILES string of the molecule is CCC(NCC(=O)Nc1c(C)n[nH]c1C)c1c(C)noc1C. The summed E-state index contributed by atoms with van der Waals surface area (Å²) in [7, 11) is 0. The fraction of sp³-hybridized carbons (Fsp3) is 0.533. The first-order valence-electron chi connectivity index (χ1n) is 7.41. The molecule has 0 aliphatic heterocycles. The van der Waals surface area contributed by atoms with Gasteiger partial charge in [0.15, 0.2) is 0 Å². The lowest BCUT2D eigenvalue weighted by Gasteiger charge is -2.16. The molecule has 2 aromatic heterocycles. The molecule has 2 aromatic rings. The van der Waals surface area contributed by atoms with Crippen molar-refractivity contribution in [2.75, 3.05) is 11.9 Å². The van der Waals surface area contributed by atoms with E-state index in [-0.39, 0.29) is 18.5 Å². The van der Waals surface area contributed by atoms with E-state index in [1.165, 1.54) is 0 Å². The van der Waals surface area contributed by atoms with Crippen molar-refractivity contribution in [3.8, 4) is 0 Å². The van der Waals surface area contributed by atoms with Gasteiger partial charge in [0, 0.05) is 11.6 Å². The van der Waals surface area contributed by atoms with E-state index in [1.54, 1.807) is 0 Å². The molecule has 2 rings (SSSR count). The van der Waals surface area contributed by atoms with Gasteiger partial charge in [0.2, 0.25) is 5.91 Å². The molecule has 7 heteroatoms. The van der Waals surface area contributed by atoms with E-state index in [1.807, 2.05) is 27.7 Å². The number of amides is 1. The highest BCUT2D eigenvalue weighted by atomic mass is 16.5. The third-order valence-electron chi connectivity index (χ3n) is 3.75. The molecule has 0 aliphatic rings. The molecule has 2 heterocycles. The molecule has 0 fully saturated rings. The summed E-state index contributed by atoms with van der Waals surface area (Å²) >= 11 is 0. The highest BCUT2D eigenvalue weighted by Gasteiger charge is 2.19. The minimum absolute atomic E-state index is 0.0449. The number of nitrogens with one attached hydrogen (secondary N) is 3. The topological polar surface area (TPSA) is 95.8 Å². The van der Waals surface area contributed by atoms with Crippen LogP contribution in [0.15, 0.2) is 4.52 Å². The quantitative estimate of drug-likeness (QED) is 0.761. The normalized spacial score (nSPS) is 12.4. The minimum Gasteiger partial charge on any atom is -0.361 e. The van der Waals surface area contributed by atoms with E-state index in [2.05, 4.69) is 32.9 Å². The van der Waals surface area contributed by atoms with Crippen molar-refractivity contribution < 1.29 is 9.32 Å². The zero-order valence-electron chi connectivity index (χ0n) is 13.7. The first kappa shape index (κ1) is 16.2. The Kier molecular flexibility index (Phi) is 4.97. The number of carbonyl (C=O) groups excluding carboxylic acids is 1. The fourth-order valence-electron chi connectivity index (χ4n) is 2.57. The average Bonchev–Trinajstić information content (AvgIpc) is 2.97. The second-order valence-corrected chi connectivity index (χ2v) is 5.44. The van der Waals surface area contributed by atoms with E-state index in [4.69, 9.17) is 4.52 Å². The third kappa shape index (κ3) is 3.36. The predicted molar refractivity (Wildman–Crippen MR) is 83.7 cm³/mol. The van der Waals surface area contributed by atoms with E-state index in [9.17, 15) is 4.79 Å². The number of nitrogens with zero attached hydrogens (tertiary/aromatic N) is 2. The Labute approximate surface area is 129 Å². The Morgan fingerprint density at radius 3 is 2.50 bits per heavy atom. The zero-order chi connectivity index (χ0) is 16.3. The molecule has 0 bridgehead atoms. The number of aromatic nitrogens is 3. The van der Waals surface area contributed by atoms with Gasteiger partial charge < -0.3 is 15.2 Å². The summed E-state index contributed by atoms with van der Waals surface area (Å²) in [5, 5.41) is 17.0. The maximum atomic E-state index is 12.1. The van der Waals surface area contributed by atoms with E-state index >= 15 is 0 Å². The Morgan fingerprint density at radius 2 is 2.00 bits per heavy atom. The van der Waals surface area contributed by atoms with Crippen LogP contribution in [0.1, 0.15) is 47.8 Å². The lowest BCUT2D eigenvalue weighted by atomic mass is 10.0. The van der Waals surface area contributed by atoms with Gasteiger partial charge in [-0.05, 0) is 34.1 Å².